The number of hydrogen-bond acceptors (Lipinski definition) is 2. The SMILES string of the molecule is CCCCCCC(C)NC(=O)COc1ccc(F)cc1. The van der Waals surface area contributed by atoms with Gasteiger partial charge in [-0.15, -0.1) is 0 Å². The van der Waals surface area contributed by atoms with E-state index in [1.165, 1.54) is 43.5 Å². The molecule has 0 saturated carbocycles. The van der Waals surface area contributed by atoms with Crippen LogP contribution in [0.15, 0.2) is 24.3 Å². The highest BCUT2D eigenvalue weighted by Gasteiger charge is 2.07. The first kappa shape index (κ1) is 16.5. The van der Waals surface area contributed by atoms with Gasteiger partial charge in [0.25, 0.3) is 5.91 Å². The average molecular weight is 281 g/mol. The molecule has 1 aromatic carbocycles. The van der Waals surface area contributed by atoms with Crippen molar-refractivity contribution < 1.29 is 13.9 Å². The van der Waals surface area contributed by atoms with Gasteiger partial charge in [0, 0.05) is 6.04 Å². The number of nitrogens with one attached hydrogen (secondary N) is 1. The highest BCUT2D eigenvalue weighted by atomic mass is 19.1. The maximum absolute atomic E-state index is 12.7. The van der Waals surface area contributed by atoms with Crippen LogP contribution in [-0.2, 0) is 4.79 Å². The van der Waals surface area contributed by atoms with Gasteiger partial charge in [-0.2, -0.15) is 0 Å². The third-order valence-electron chi connectivity index (χ3n) is 3.08. The van der Waals surface area contributed by atoms with Crippen molar-refractivity contribution in [1.82, 2.24) is 5.32 Å². The van der Waals surface area contributed by atoms with Gasteiger partial charge in [-0.25, -0.2) is 4.39 Å². The molecule has 0 aliphatic heterocycles. The van der Waals surface area contributed by atoms with Gasteiger partial charge in [0.05, 0.1) is 0 Å². The Labute approximate surface area is 120 Å². The van der Waals surface area contributed by atoms with Gasteiger partial charge in [0.2, 0.25) is 0 Å². The van der Waals surface area contributed by atoms with Crippen LogP contribution in [0.4, 0.5) is 4.39 Å². The van der Waals surface area contributed by atoms with Crippen LogP contribution in [0.25, 0.3) is 0 Å². The molecule has 1 rings (SSSR count). The summed E-state index contributed by atoms with van der Waals surface area (Å²) in [5.41, 5.74) is 0. The third kappa shape index (κ3) is 7.12. The summed E-state index contributed by atoms with van der Waals surface area (Å²) in [5, 5.41) is 2.90. The number of amides is 1. The summed E-state index contributed by atoms with van der Waals surface area (Å²) in [6, 6.07) is 5.80. The van der Waals surface area contributed by atoms with Crippen molar-refractivity contribution in [2.45, 2.75) is 52.0 Å². The molecule has 0 heterocycles. The van der Waals surface area contributed by atoms with E-state index >= 15 is 0 Å². The Kier molecular flexibility index (Phi) is 7.70. The molecule has 0 radical (unpaired) electrons. The van der Waals surface area contributed by atoms with Gasteiger partial charge in [-0.3, -0.25) is 4.79 Å². The zero-order valence-electron chi connectivity index (χ0n) is 12.3. The number of benzene rings is 1. The van der Waals surface area contributed by atoms with Crippen molar-refractivity contribution in [3.63, 3.8) is 0 Å². The molecule has 1 amide bonds. The minimum absolute atomic E-state index is 0.0368. The molecule has 0 spiro atoms. The van der Waals surface area contributed by atoms with Gasteiger partial charge >= 0.3 is 0 Å². The summed E-state index contributed by atoms with van der Waals surface area (Å²) in [7, 11) is 0. The zero-order chi connectivity index (χ0) is 14.8. The summed E-state index contributed by atoms with van der Waals surface area (Å²) in [6.07, 6.45) is 5.79. The largest absolute Gasteiger partial charge is 0.484 e. The molecule has 1 unspecified atom stereocenters. The molecule has 3 nitrogen and oxygen atoms in total. The van der Waals surface area contributed by atoms with Gasteiger partial charge in [0.1, 0.15) is 11.6 Å². The lowest BCUT2D eigenvalue weighted by Crippen LogP contribution is -2.36. The first-order valence-corrected chi connectivity index (χ1v) is 7.29. The minimum Gasteiger partial charge on any atom is -0.484 e. The fraction of sp³-hybridized carbons (Fsp3) is 0.562. The number of hydrogen-bond donors (Lipinski definition) is 1. The van der Waals surface area contributed by atoms with Crippen LogP contribution in [0.5, 0.6) is 5.75 Å². The molecule has 0 fully saturated rings. The van der Waals surface area contributed by atoms with Crippen LogP contribution in [0.1, 0.15) is 46.0 Å². The third-order valence-corrected chi connectivity index (χ3v) is 3.08. The summed E-state index contributed by atoms with van der Waals surface area (Å²) in [5.74, 6) is 0.0389. The molecule has 112 valence electrons. The quantitative estimate of drug-likeness (QED) is 0.701. The number of ether oxygens (including phenoxy) is 1. The van der Waals surface area contributed by atoms with Crippen molar-refractivity contribution in [2.75, 3.05) is 6.61 Å². The van der Waals surface area contributed by atoms with E-state index in [-0.39, 0.29) is 24.4 Å². The number of rotatable bonds is 9. The predicted octanol–water partition coefficient (Wildman–Crippen LogP) is 3.68. The van der Waals surface area contributed by atoms with E-state index in [0.29, 0.717) is 5.75 Å². The standard InChI is InChI=1S/C16H24FNO2/c1-3-4-5-6-7-13(2)18-16(19)12-20-15-10-8-14(17)9-11-15/h8-11,13H,3-7,12H2,1-2H3,(H,18,19). The van der Waals surface area contributed by atoms with Crippen LogP contribution in [0, 0.1) is 5.82 Å². The van der Waals surface area contributed by atoms with Crippen molar-refractivity contribution in [3.05, 3.63) is 30.1 Å². The predicted molar refractivity (Wildman–Crippen MR) is 78.3 cm³/mol. The normalized spacial score (nSPS) is 11.9. The Balaban J connectivity index is 2.17. The molecule has 0 saturated heterocycles. The Hall–Kier alpha value is -1.58. The first-order valence-electron chi connectivity index (χ1n) is 7.29. The van der Waals surface area contributed by atoms with E-state index in [2.05, 4.69) is 12.2 Å². The number of unbranched alkanes of at least 4 members (excludes halogenated alkanes) is 3. The molecule has 1 atom stereocenters. The zero-order valence-corrected chi connectivity index (χ0v) is 12.3. The lowest BCUT2D eigenvalue weighted by molar-refractivity contribution is -0.123. The lowest BCUT2D eigenvalue weighted by atomic mass is 10.1. The lowest BCUT2D eigenvalue weighted by Gasteiger charge is -2.14. The second-order valence-corrected chi connectivity index (χ2v) is 5.06. The average Bonchev–Trinajstić information content (AvgIpc) is 2.43. The maximum Gasteiger partial charge on any atom is 0.258 e. The topological polar surface area (TPSA) is 38.3 Å². The fourth-order valence-electron chi connectivity index (χ4n) is 1.95. The van der Waals surface area contributed by atoms with E-state index in [4.69, 9.17) is 4.74 Å². The summed E-state index contributed by atoms with van der Waals surface area (Å²) in [4.78, 5) is 11.7. The monoisotopic (exact) mass is 281 g/mol. The van der Waals surface area contributed by atoms with Gasteiger partial charge < -0.3 is 10.1 Å². The van der Waals surface area contributed by atoms with Crippen LogP contribution in [0.2, 0.25) is 0 Å². The Morgan fingerprint density at radius 2 is 1.95 bits per heavy atom. The molecular formula is C16H24FNO2. The Morgan fingerprint density at radius 3 is 2.60 bits per heavy atom. The van der Waals surface area contributed by atoms with E-state index in [1.807, 2.05) is 6.92 Å². The molecule has 0 bridgehead atoms. The highest BCUT2D eigenvalue weighted by molar-refractivity contribution is 5.77. The fourth-order valence-corrected chi connectivity index (χ4v) is 1.95. The molecule has 1 N–H and O–H groups in total. The van der Waals surface area contributed by atoms with E-state index < -0.39 is 0 Å². The van der Waals surface area contributed by atoms with Crippen molar-refractivity contribution in [2.24, 2.45) is 0 Å². The van der Waals surface area contributed by atoms with Crippen molar-refractivity contribution >= 4 is 5.91 Å². The van der Waals surface area contributed by atoms with Crippen LogP contribution in [0.3, 0.4) is 0 Å². The highest BCUT2D eigenvalue weighted by Crippen LogP contribution is 2.10. The number of halogens is 1. The Morgan fingerprint density at radius 1 is 1.25 bits per heavy atom. The molecule has 1 aromatic rings. The van der Waals surface area contributed by atoms with Gasteiger partial charge in [0.15, 0.2) is 6.61 Å². The van der Waals surface area contributed by atoms with Gasteiger partial charge in [-0.05, 0) is 37.6 Å². The molecule has 4 heteroatoms. The molecule has 0 aliphatic carbocycles. The van der Waals surface area contributed by atoms with Crippen molar-refractivity contribution in [1.29, 1.82) is 0 Å². The summed E-state index contributed by atoms with van der Waals surface area (Å²) < 4.78 is 18.0. The second kappa shape index (κ2) is 9.34. The number of carbonyl (C=O) groups excluding carboxylic acids is 1. The van der Waals surface area contributed by atoms with E-state index in [1.54, 1.807) is 0 Å². The van der Waals surface area contributed by atoms with Crippen LogP contribution in [-0.4, -0.2) is 18.6 Å². The minimum atomic E-state index is -0.317. The van der Waals surface area contributed by atoms with Crippen LogP contribution >= 0.6 is 0 Å². The number of carbonyl (C=O) groups is 1. The summed E-state index contributed by atoms with van der Waals surface area (Å²) in [6.45, 7) is 4.14. The van der Waals surface area contributed by atoms with Gasteiger partial charge in [-0.1, -0.05) is 32.6 Å². The van der Waals surface area contributed by atoms with E-state index in [0.717, 1.165) is 12.8 Å². The molecule has 0 aliphatic rings. The van der Waals surface area contributed by atoms with Crippen molar-refractivity contribution in [3.8, 4) is 5.75 Å². The molecule has 20 heavy (non-hydrogen) atoms. The summed E-state index contributed by atoms with van der Waals surface area (Å²) >= 11 is 0. The second-order valence-electron chi connectivity index (χ2n) is 5.06. The van der Waals surface area contributed by atoms with E-state index in [9.17, 15) is 9.18 Å². The van der Waals surface area contributed by atoms with Crippen LogP contribution < -0.4 is 10.1 Å². The Bertz CT molecular complexity index is 392. The smallest absolute Gasteiger partial charge is 0.258 e. The molecule has 0 aromatic heterocycles. The molecular weight excluding hydrogens is 257 g/mol. The maximum atomic E-state index is 12.7. The first-order chi connectivity index (χ1) is 9.61.